The average Bonchev–Trinajstić information content (AvgIpc) is 2.58. The predicted molar refractivity (Wildman–Crippen MR) is 90.7 cm³/mol. The number of hydrogen-bond donors (Lipinski definition) is 2. The number of aliphatic carboxylic acids is 1. The highest BCUT2D eigenvalue weighted by Gasteiger charge is 2.14. The van der Waals surface area contributed by atoms with Crippen LogP contribution in [0.25, 0.3) is 0 Å². The summed E-state index contributed by atoms with van der Waals surface area (Å²) in [5.74, 6) is -0.552. The second kappa shape index (κ2) is 8.68. The van der Waals surface area contributed by atoms with E-state index in [1.165, 1.54) is 6.20 Å². The highest BCUT2D eigenvalue weighted by Crippen LogP contribution is 2.17. The van der Waals surface area contributed by atoms with Crippen LogP contribution in [0.4, 0.5) is 0 Å². The number of pyridine rings is 1. The lowest BCUT2D eigenvalue weighted by atomic mass is 10.2. The van der Waals surface area contributed by atoms with Crippen LogP contribution in [0.2, 0.25) is 0 Å². The maximum absolute atomic E-state index is 12.4. The van der Waals surface area contributed by atoms with Crippen LogP contribution < -0.4 is 14.8 Å². The summed E-state index contributed by atoms with van der Waals surface area (Å²) in [6.45, 7) is 3.58. The number of aromatic nitrogens is 1. The first-order valence-electron chi connectivity index (χ1n) is 7.79. The smallest absolute Gasteiger partial charge is 0.341 e. The van der Waals surface area contributed by atoms with Crippen molar-refractivity contribution in [3.63, 3.8) is 0 Å². The minimum atomic E-state index is -1.05. The zero-order valence-electron chi connectivity index (χ0n) is 14.1. The average molecular weight is 344 g/mol. The Morgan fingerprint density at radius 2 is 2.04 bits per heavy atom. The standard InChI is InChI=1S/C18H20N2O5/c1-12(2)25-15-7-4-8-19-17(15)18(23)20-10-13-5-3-6-14(9-13)24-11-16(21)22/h3-9,12H,10-11H2,1-2H3,(H,20,23)(H,21,22). The molecule has 1 heterocycles. The van der Waals surface area contributed by atoms with Gasteiger partial charge in [0.25, 0.3) is 5.91 Å². The maximum atomic E-state index is 12.4. The van der Waals surface area contributed by atoms with E-state index >= 15 is 0 Å². The third kappa shape index (κ3) is 5.80. The van der Waals surface area contributed by atoms with Crippen molar-refractivity contribution < 1.29 is 24.2 Å². The summed E-state index contributed by atoms with van der Waals surface area (Å²) in [4.78, 5) is 27.0. The van der Waals surface area contributed by atoms with Crippen molar-refractivity contribution in [1.29, 1.82) is 0 Å². The van der Waals surface area contributed by atoms with Gasteiger partial charge in [0.1, 0.15) is 5.75 Å². The van der Waals surface area contributed by atoms with Crippen LogP contribution in [0.1, 0.15) is 29.9 Å². The molecule has 0 aliphatic heterocycles. The highest BCUT2D eigenvalue weighted by molar-refractivity contribution is 5.94. The first kappa shape index (κ1) is 18.3. The molecule has 1 aromatic carbocycles. The van der Waals surface area contributed by atoms with E-state index in [2.05, 4.69) is 10.3 Å². The lowest BCUT2D eigenvalue weighted by Gasteiger charge is -2.13. The summed E-state index contributed by atoms with van der Waals surface area (Å²) in [6.07, 6.45) is 1.46. The molecule has 25 heavy (non-hydrogen) atoms. The summed E-state index contributed by atoms with van der Waals surface area (Å²) in [5.41, 5.74) is 0.993. The summed E-state index contributed by atoms with van der Waals surface area (Å²) < 4.78 is 10.7. The van der Waals surface area contributed by atoms with Crippen molar-refractivity contribution in [3.05, 3.63) is 53.9 Å². The van der Waals surface area contributed by atoms with Crippen molar-refractivity contribution in [1.82, 2.24) is 10.3 Å². The number of nitrogens with zero attached hydrogens (tertiary/aromatic N) is 1. The second-order valence-electron chi connectivity index (χ2n) is 5.53. The summed E-state index contributed by atoms with van der Waals surface area (Å²) in [6, 6.07) is 10.3. The number of rotatable bonds is 8. The number of benzene rings is 1. The Balaban J connectivity index is 2.01. The molecule has 0 saturated heterocycles. The third-order valence-electron chi connectivity index (χ3n) is 3.06. The number of amides is 1. The van der Waals surface area contributed by atoms with Gasteiger partial charge in [-0.25, -0.2) is 9.78 Å². The monoisotopic (exact) mass is 344 g/mol. The minimum absolute atomic E-state index is 0.0705. The molecule has 132 valence electrons. The number of carbonyl (C=O) groups excluding carboxylic acids is 1. The Morgan fingerprint density at radius 1 is 1.24 bits per heavy atom. The lowest BCUT2D eigenvalue weighted by Crippen LogP contribution is -2.25. The topological polar surface area (TPSA) is 97.8 Å². The molecule has 1 amide bonds. The molecule has 2 rings (SSSR count). The molecule has 0 bridgehead atoms. The van der Waals surface area contributed by atoms with Crippen LogP contribution in [-0.2, 0) is 11.3 Å². The Labute approximate surface area is 145 Å². The molecular weight excluding hydrogens is 324 g/mol. The van der Waals surface area contributed by atoms with E-state index in [0.29, 0.717) is 11.5 Å². The van der Waals surface area contributed by atoms with Crippen LogP contribution in [0, 0.1) is 0 Å². The molecular formula is C18H20N2O5. The van der Waals surface area contributed by atoms with Crippen LogP contribution >= 0.6 is 0 Å². The van der Waals surface area contributed by atoms with E-state index in [0.717, 1.165) is 5.56 Å². The Kier molecular flexibility index (Phi) is 6.33. The number of carboxylic acid groups (broad SMARTS) is 1. The zero-order chi connectivity index (χ0) is 18.2. The van der Waals surface area contributed by atoms with Gasteiger partial charge in [-0.05, 0) is 43.7 Å². The van der Waals surface area contributed by atoms with Crippen molar-refractivity contribution in [2.24, 2.45) is 0 Å². The summed E-state index contributed by atoms with van der Waals surface area (Å²) >= 11 is 0. The fraction of sp³-hybridized carbons (Fsp3) is 0.278. The number of carboxylic acids is 1. The second-order valence-corrected chi connectivity index (χ2v) is 5.53. The molecule has 0 unspecified atom stereocenters. The van der Waals surface area contributed by atoms with Crippen molar-refractivity contribution in [2.75, 3.05) is 6.61 Å². The van der Waals surface area contributed by atoms with Crippen LogP contribution in [-0.4, -0.2) is 34.7 Å². The number of nitrogens with one attached hydrogen (secondary N) is 1. The van der Waals surface area contributed by atoms with Crippen LogP contribution in [0.15, 0.2) is 42.6 Å². The van der Waals surface area contributed by atoms with Crippen molar-refractivity contribution in [3.8, 4) is 11.5 Å². The molecule has 2 N–H and O–H groups in total. The molecule has 1 aromatic heterocycles. The molecule has 0 spiro atoms. The van der Waals surface area contributed by atoms with Gasteiger partial charge in [0.05, 0.1) is 6.10 Å². The van der Waals surface area contributed by atoms with Gasteiger partial charge in [0, 0.05) is 12.7 Å². The van der Waals surface area contributed by atoms with E-state index in [1.807, 2.05) is 13.8 Å². The zero-order valence-corrected chi connectivity index (χ0v) is 14.1. The lowest BCUT2D eigenvalue weighted by molar-refractivity contribution is -0.139. The Bertz CT molecular complexity index is 746. The van der Waals surface area contributed by atoms with Crippen molar-refractivity contribution >= 4 is 11.9 Å². The predicted octanol–water partition coefficient (Wildman–Crippen LogP) is 2.26. The van der Waals surface area contributed by atoms with Gasteiger partial charge in [-0.3, -0.25) is 4.79 Å². The first-order chi connectivity index (χ1) is 12.0. The summed E-state index contributed by atoms with van der Waals surface area (Å²) in [5, 5.41) is 11.4. The van der Waals surface area contributed by atoms with E-state index in [9.17, 15) is 9.59 Å². The van der Waals surface area contributed by atoms with Gasteiger partial charge >= 0.3 is 5.97 Å². The van der Waals surface area contributed by atoms with Gasteiger partial charge in [0.2, 0.25) is 0 Å². The summed E-state index contributed by atoms with van der Waals surface area (Å²) in [7, 11) is 0. The molecule has 7 nitrogen and oxygen atoms in total. The van der Waals surface area contributed by atoms with Gasteiger partial charge in [-0.1, -0.05) is 12.1 Å². The van der Waals surface area contributed by atoms with Crippen LogP contribution in [0.5, 0.6) is 11.5 Å². The molecule has 0 fully saturated rings. The van der Waals surface area contributed by atoms with Gasteiger partial charge in [-0.2, -0.15) is 0 Å². The number of carbonyl (C=O) groups is 2. The van der Waals surface area contributed by atoms with E-state index in [-0.39, 0.29) is 24.2 Å². The highest BCUT2D eigenvalue weighted by atomic mass is 16.5. The quantitative estimate of drug-likeness (QED) is 0.762. The number of ether oxygens (including phenoxy) is 2. The fourth-order valence-corrected chi connectivity index (χ4v) is 2.07. The maximum Gasteiger partial charge on any atom is 0.341 e. The molecule has 0 aliphatic rings. The largest absolute Gasteiger partial charge is 0.489 e. The van der Waals surface area contributed by atoms with E-state index in [1.54, 1.807) is 36.4 Å². The molecule has 0 atom stereocenters. The fourth-order valence-electron chi connectivity index (χ4n) is 2.07. The van der Waals surface area contributed by atoms with Crippen LogP contribution in [0.3, 0.4) is 0 Å². The van der Waals surface area contributed by atoms with E-state index in [4.69, 9.17) is 14.6 Å². The van der Waals surface area contributed by atoms with Gasteiger partial charge in [0.15, 0.2) is 18.1 Å². The third-order valence-corrected chi connectivity index (χ3v) is 3.06. The molecule has 0 saturated carbocycles. The van der Waals surface area contributed by atoms with Crippen molar-refractivity contribution in [2.45, 2.75) is 26.5 Å². The Hall–Kier alpha value is -3.09. The Morgan fingerprint density at radius 3 is 2.76 bits per heavy atom. The SMILES string of the molecule is CC(C)Oc1cccnc1C(=O)NCc1cccc(OCC(=O)O)c1. The number of hydrogen-bond acceptors (Lipinski definition) is 5. The normalized spacial score (nSPS) is 10.4. The van der Waals surface area contributed by atoms with E-state index < -0.39 is 12.6 Å². The molecule has 0 aliphatic carbocycles. The molecule has 7 heteroatoms. The molecule has 0 radical (unpaired) electrons. The minimum Gasteiger partial charge on any atom is -0.489 e. The van der Waals surface area contributed by atoms with Gasteiger partial charge < -0.3 is 19.9 Å². The first-order valence-corrected chi connectivity index (χ1v) is 7.79. The van der Waals surface area contributed by atoms with Gasteiger partial charge in [-0.15, -0.1) is 0 Å². The molecule has 2 aromatic rings.